The molecule has 1 atom stereocenters. The lowest BCUT2D eigenvalue weighted by molar-refractivity contribution is -0.117. The summed E-state index contributed by atoms with van der Waals surface area (Å²) in [7, 11) is 0. The van der Waals surface area contributed by atoms with Crippen LogP contribution in [0.3, 0.4) is 0 Å². The monoisotopic (exact) mass is 271 g/mol. The summed E-state index contributed by atoms with van der Waals surface area (Å²) in [5.41, 5.74) is 6.41. The molecule has 1 amide bonds. The van der Waals surface area contributed by atoms with Gasteiger partial charge in [0.15, 0.2) is 0 Å². The number of rotatable bonds is 3. The zero-order valence-corrected chi connectivity index (χ0v) is 10.3. The molecule has 1 heterocycles. The van der Waals surface area contributed by atoms with Crippen molar-refractivity contribution in [2.75, 3.05) is 5.32 Å². The number of hydrogen-bond donors (Lipinski definition) is 2. The molecule has 0 unspecified atom stereocenters. The molecule has 1 aromatic heterocycles. The van der Waals surface area contributed by atoms with Crippen molar-refractivity contribution in [3.05, 3.63) is 22.3 Å². The van der Waals surface area contributed by atoms with E-state index in [1.807, 2.05) is 19.9 Å². The quantitative estimate of drug-likeness (QED) is 0.882. The number of aryl methyl sites for hydroxylation is 1. The molecule has 0 aliphatic heterocycles. The van der Waals surface area contributed by atoms with Gasteiger partial charge in [-0.3, -0.25) is 4.79 Å². The fraction of sp³-hybridized carbons (Fsp3) is 0.400. The second-order valence-electron chi connectivity index (χ2n) is 3.27. The van der Waals surface area contributed by atoms with Gasteiger partial charge in [-0.05, 0) is 41.4 Å². The summed E-state index contributed by atoms with van der Waals surface area (Å²) in [4.78, 5) is 15.6. The number of nitrogens with one attached hydrogen (secondary N) is 1. The van der Waals surface area contributed by atoms with Crippen molar-refractivity contribution in [2.45, 2.75) is 26.3 Å². The minimum absolute atomic E-state index is 0.202. The zero-order valence-electron chi connectivity index (χ0n) is 8.75. The van der Waals surface area contributed by atoms with Crippen molar-refractivity contribution in [1.82, 2.24) is 4.98 Å². The van der Waals surface area contributed by atoms with Gasteiger partial charge in [-0.1, -0.05) is 6.92 Å². The van der Waals surface area contributed by atoms with Gasteiger partial charge >= 0.3 is 0 Å². The molecule has 0 radical (unpaired) electrons. The normalized spacial score (nSPS) is 12.3. The minimum Gasteiger partial charge on any atom is -0.320 e. The van der Waals surface area contributed by atoms with E-state index in [9.17, 15) is 4.79 Å². The largest absolute Gasteiger partial charge is 0.320 e. The number of halogens is 1. The van der Waals surface area contributed by atoms with Gasteiger partial charge in [0.2, 0.25) is 5.91 Å². The van der Waals surface area contributed by atoms with Crippen molar-refractivity contribution in [3.63, 3.8) is 0 Å². The number of amides is 1. The zero-order chi connectivity index (χ0) is 11.4. The van der Waals surface area contributed by atoms with Crippen LogP contribution in [-0.2, 0) is 4.79 Å². The maximum Gasteiger partial charge on any atom is 0.242 e. The van der Waals surface area contributed by atoms with Crippen LogP contribution in [0.1, 0.15) is 19.0 Å². The van der Waals surface area contributed by atoms with Crippen molar-refractivity contribution in [3.8, 4) is 0 Å². The molecule has 0 fully saturated rings. The van der Waals surface area contributed by atoms with Crippen LogP contribution in [0.5, 0.6) is 0 Å². The molecule has 0 bridgehead atoms. The molecule has 1 aromatic rings. The minimum atomic E-state index is -0.476. The average Bonchev–Trinajstić information content (AvgIpc) is 2.22. The number of anilines is 1. The fourth-order valence-electron chi connectivity index (χ4n) is 1.02. The molecule has 0 saturated heterocycles. The van der Waals surface area contributed by atoms with Crippen LogP contribution in [0.15, 0.2) is 16.6 Å². The third-order valence-corrected chi connectivity index (χ3v) is 2.89. The Morgan fingerprint density at radius 3 is 2.87 bits per heavy atom. The molecular formula is C10H14BrN3O. The predicted octanol–water partition coefficient (Wildman–Crippen LogP) is 1.83. The SMILES string of the molecule is CC[C@H](N)C(=O)Nc1ccc(Br)c(C)n1. The first-order valence-electron chi connectivity index (χ1n) is 4.74. The van der Waals surface area contributed by atoms with Gasteiger partial charge in [-0.2, -0.15) is 0 Å². The molecule has 0 aliphatic carbocycles. The first-order valence-corrected chi connectivity index (χ1v) is 5.53. The van der Waals surface area contributed by atoms with Crippen LogP contribution < -0.4 is 11.1 Å². The van der Waals surface area contributed by atoms with Crippen molar-refractivity contribution in [2.24, 2.45) is 5.73 Å². The highest BCUT2D eigenvalue weighted by atomic mass is 79.9. The van der Waals surface area contributed by atoms with Crippen LogP contribution >= 0.6 is 15.9 Å². The number of nitrogens with zero attached hydrogens (tertiary/aromatic N) is 1. The molecule has 5 heteroatoms. The lowest BCUT2D eigenvalue weighted by Gasteiger charge is -2.09. The number of pyridine rings is 1. The summed E-state index contributed by atoms with van der Waals surface area (Å²) >= 11 is 3.34. The van der Waals surface area contributed by atoms with Gasteiger partial charge < -0.3 is 11.1 Å². The summed E-state index contributed by atoms with van der Waals surface area (Å²) in [6.07, 6.45) is 0.612. The van der Waals surface area contributed by atoms with Crippen molar-refractivity contribution < 1.29 is 4.79 Å². The van der Waals surface area contributed by atoms with Gasteiger partial charge in [0.25, 0.3) is 0 Å². The molecule has 4 nitrogen and oxygen atoms in total. The van der Waals surface area contributed by atoms with Gasteiger partial charge in [0.1, 0.15) is 5.82 Å². The third kappa shape index (κ3) is 3.28. The number of aromatic nitrogens is 1. The average molecular weight is 272 g/mol. The van der Waals surface area contributed by atoms with E-state index < -0.39 is 6.04 Å². The van der Waals surface area contributed by atoms with Crippen molar-refractivity contribution in [1.29, 1.82) is 0 Å². The summed E-state index contributed by atoms with van der Waals surface area (Å²) in [6.45, 7) is 3.73. The first-order chi connectivity index (χ1) is 7.04. The molecule has 0 aromatic carbocycles. The summed E-state index contributed by atoms with van der Waals surface area (Å²) in [6, 6.07) is 3.10. The Balaban J connectivity index is 2.73. The molecule has 0 saturated carbocycles. The second-order valence-corrected chi connectivity index (χ2v) is 4.12. The maximum atomic E-state index is 11.5. The van der Waals surface area contributed by atoms with E-state index in [0.29, 0.717) is 12.2 Å². The van der Waals surface area contributed by atoms with E-state index in [1.54, 1.807) is 6.07 Å². The Morgan fingerprint density at radius 2 is 2.33 bits per heavy atom. The Kier molecular flexibility index (Phi) is 4.23. The number of hydrogen-bond acceptors (Lipinski definition) is 3. The lowest BCUT2D eigenvalue weighted by Crippen LogP contribution is -2.35. The topological polar surface area (TPSA) is 68.0 Å². The van der Waals surface area contributed by atoms with Crippen molar-refractivity contribution >= 4 is 27.7 Å². The van der Waals surface area contributed by atoms with Crippen LogP contribution in [0.25, 0.3) is 0 Å². The number of carbonyl (C=O) groups is 1. The fourth-order valence-corrected chi connectivity index (χ4v) is 1.24. The molecule has 1 rings (SSSR count). The first kappa shape index (κ1) is 12.1. The van der Waals surface area contributed by atoms with Crippen LogP contribution in [-0.4, -0.2) is 16.9 Å². The predicted molar refractivity (Wildman–Crippen MR) is 63.6 cm³/mol. The van der Waals surface area contributed by atoms with E-state index in [-0.39, 0.29) is 5.91 Å². The smallest absolute Gasteiger partial charge is 0.242 e. The Hall–Kier alpha value is -0.940. The maximum absolute atomic E-state index is 11.5. The summed E-state index contributed by atoms with van der Waals surface area (Å²) < 4.78 is 0.917. The Morgan fingerprint density at radius 1 is 1.67 bits per heavy atom. The van der Waals surface area contributed by atoms with Gasteiger partial charge in [-0.15, -0.1) is 0 Å². The molecule has 82 valence electrons. The molecular weight excluding hydrogens is 258 g/mol. The Bertz CT molecular complexity index is 368. The number of nitrogens with two attached hydrogens (primary N) is 1. The highest BCUT2D eigenvalue weighted by molar-refractivity contribution is 9.10. The molecule has 0 aliphatic rings. The highest BCUT2D eigenvalue weighted by Gasteiger charge is 2.11. The van der Waals surface area contributed by atoms with E-state index >= 15 is 0 Å². The highest BCUT2D eigenvalue weighted by Crippen LogP contribution is 2.16. The summed E-state index contributed by atoms with van der Waals surface area (Å²) in [5, 5.41) is 2.66. The van der Waals surface area contributed by atoms with Crippen LogP contribution in [0.2, 0.25) is 0 Å². The number of carbonyl (C=O) groups excluding carboxylic acids is 1. The molecule has 15 heavy (non-hydrogen) atoms. The standard InChI is InChI=1S/C10H14BrN3O/c1-3-8(12)10(15)14-9-5-4-7(11)6(2)13-9/h4-5,8H,3,12H2,1-2H3,(H,13,14,15)/t8-/m0/s1. The second kappa shape index (κ2) is 5.23. The Labute approximate surface area is 97.4 Å². The van der Waals surface area contributed by atoms with Gasteiger partial charge in [0, 0.05) is 4.47 Å². The van der Waals surface area contributed by atoms with E-state index in [1.165, 1.54) is 0 Å². The van der Waals surface area contributed by atoms with E-state index in [4.69, 9.17) is 5.73 Å². The molecule has 3 N–H and O–H groups in total. The summed E-state index contributed by atoms with van der Waals surface area (Å²) in [5.74, 6) is 0.330. The van der Waals surface area contributed by atoms with Crippen LogP contribution in [0.4, 0.5) is 5.82 Å². The van der Waals surface area contributed by atoms with Gasteiger partial charge in [0.05, 0.1) is 11.7 Å². The van der Waals surface area contributed by atoms with Crippen LogP contribution in [0, 0.1) is 6.92 Å². The lowest BCUT2D eigenvalue weighted by atomic mass is 10.2. The van der Waals surface area contributed by atoms with E-state index in [2.05, 4.69) is 26.2 Å². The third-order valence-electron chi connectivity index (χ3n) is 2.05. The molecule has 0 spiro atoms. The van der Waals surface area contributed by atoms with E-state index in [0.717, 1.165) is 10.2 Å². The van der Waals surface area contributed by atoms with Gasteiger partial charge in [-0.25, -0.2) is 4.98 Å².